The predicted molar refractivity (Wildman–Crippen MR) is 95.7 cm³/mol. The van der Waals surface area contributed by atoms with Crippen molar-refractivity contribution in [1.82, 2.24) is 4.90 Å². The van der Waals surface area contributed by atoms with E-state index in [4.69, 9.17) is 16.3 Å². The third-order valence-corrected chi connectivity index (χ3v) is 5.86. The average molecular weight is 375 g/mol. The fraction of sp³-hybridized carbons (Fsp3) is 0.421. The van der Waals surface area contributed by atoms with E-state index in [-0.39, 0.29) is 54.4 Å². The van der Waals surface area contributed by atoms with Crippen molar-refractivity contribution in [2.45, 2.75) is 12.8 Å². The Hall–Kier alpha value is -2.34. The number of ether oxygens (including phenoxy) is 1. The van der Waals surface area contributed by atoms with Crippen LogP contribution in [0.4, 0.5) is 5.69 Å². The van der Waals surface area contributed by atoms with Gasteiger partial charge in [0.25, 0.3) is 0 Å². The number of amides is 3. The van der Waals surface area contributed by atoms with Crippen molar-refractivity contribution in [3.63, 3.8) is 0 Å². The molecule has 1 heterocycles. The van der Waals surface area contributed by atoms with E-state index in [1.807, 2.05) is 0 Å². The van der Waals surface area contributed by atoms with Crippen molar-refractivity contribution < 1.29 is 19.1 Å². The SMILES string of the molecule is COc1ccc(NC(=O)CCN2C(=O)C3C4C=CC(C4)C3C2=O)cc1Cl. The van der Waals surface area contributed by atoms with E-state index in [9.17, 15) is 14.4 Å². The Balaban J connectivity index is 1.36. The Kier molecular flexibility index (Phi) is 4.23. The number of halogens is 1. The smallest absolute Gasteiger partial charge is 0.233 e. The first kappa shape index (κ1) is 17.1. The molecule has 0 aromatic heterocycles. The van der Waals surface area contributed by atoms with Crippen LogP contribution < -0.4 is 10.1 Å². The van der Waals surface area contributed by atoms with Crippen molar-refractivity contribution in [2.75, 3.05) is 19.0 Å². The molecule has 0 spiro atoms. The zero-order valence-corrected chi connectivity index (χ0v) is 15.0. The number of likely N-dealkylation sites (tertiary alicyclic amines) is 1. The molecule has 1 aromatic rings. The third-order valence-electron chi connectivity index (χ3n) is 5.56. The number of nitrogens with zero attached hydrogens (tertiary/aromatic N) is 1. The van der Waals surface area contributed by atoms with Crippen molar-refractivity contribution in [2.24, 2.45) is 23.7 Å². The van der Waals surface area contributed by atoms with Crippen LogP contribution in [0, 0.1) is 23.7 Å². The van der Waals surface area contributed by atoms with E-state index in [0.717, 1.165) is 6.42 Å². The highest BCUT2D eigenvalue weighted by molar-refractivity contribution is 6.32. The molecule has 3 amide bonds. The molecule has 2 fully saturated rings. The maximum absolute atomic E-state index is 12.6. The number of benzene rings is 1. The van der Waals surface area contributed by atoms with Crippen molar-refractivity contribution in [1.29, 1.82) is 0 Å². The predicted octanol–water partition coefficient (Wildman–Crippen LogP) is 2.48. The van der Waals surface area contributed by atoms with Crippen molar-refractivity contribution in [3.05, 3.63) is 35.4 Å². The third kappa shape index (κ3) is 2.69. The number of carbonyl (C=O) groups is 3. The Morgan fingerprint density at radius 3 is 2.46 bits per heavy atom. The van der Waals surface area contributed by atoms with Gasteiger partial charge in [-0.3, -0.25) is 19.3 Å². The van der Waals surface area contributed by atoms with Crippen LogP contribution in [0.2, 0.25) is 5.02 Å². The molecule has 4 rings (SSSR count). The molecule has 136 valence electrons. The molecule has 7 heteroatoms. The van der Waals surface area contributed by atoms with Gasteiger partial charge < -0.3 is 10.1 Å². The summed E-state index contributed by atoms with van der Waals surface area (Å²) in [7, 11) is 1.51. The van der Waals surface area contributed by atoms with Crippen LogP contribution in [0.5, 0.6) is 5.75 Å². The number of anilines is 1. The molecule has 0 radical (unpaired) electrons. The monoisotopic (exact) mass is 374 g/mol. The Morgan fingerprint density at radius 2 is 1.88 bits per heavy atom. The lowest BCUT2D eigenvalue weighted by atomic mass is 9.85. The van der Waals surface area contributed by atoms with Gasteiger partial charge in [0.2, 0.25) is 17.7 Å². The molecule has 1 saturated carbocycles. The largest absolute Gasteiger partial charge is 0.495 e. The molecular weight excluding hydrogens is 356 g/mol. The zero-order chi connectivity index (χ0) is 18.4. The summed E-state index contributed by atoms with van der Waals surface area (Å²) in [5.41, 5.74) is 0.541. The molecule has 1 N–H and O–H groups in total. The molecule has 1 aromatic carbocycles. The van der Waals surface area contributed by atoms with Gasteiger partial charge in [-0.2, -0.15) is 0 Å². The average Bonchev–Trinajstić information content (AvgIpc) is 3.28. The Morgan fingerprint density at radius 1 is 1.23 bits per heavy atom. The number of carbonyl (C=O) groups excluding carboxylic acids is 3. The standard InChI is InChI=1S/C19H19ClN2O4/c1-26-14-5-4-12(9-13(14)20)21-15(23)6-7-22-18(24)16-10-2-3-11(8-10)17(16)19(22)25/h2-5,9-11,16-17H,6-8H2,1H3,(H,21,23). The highest BCUT2D eigenvalue weighted by Crippen LogP contribution is 2.52. The van der Waals surface area contributed by atoms with Gasteiger partial charge in [-0.05, 0) is 36.5 Å². The fourth-order valence-corrected chi connectivity index (χ4v) is 4.62. The lowest BCUT2D eigenvalue weighted by molar-refractivity contribution is -0.140. The maximum atomic E-state index is 12.6. The number of methoxy groups -OCH3 is 1. The quantitative estimate of drug-likeness (QED) is 0.634. The minimum absolute atomic E-state index is 0.0589. The number of allylic oxidation sites excluding steroid dienone is 2. The van der Waals surface area contributed by atoms with Crippen molar-refractivity contribution >= 4 is 35.0 Å². The molecular formula is C19H19ClN2O4. The Labute approximate surface area is 156 Å². The molecule has 1 saturated heterocycles. The molecule has 2 bridgehead atoms. The summed E-state index contributed by atoms with van der Waals surface area (Å²) in [6.45, 7) is 0.111. The van der Waals surface area contributed by atoms with Gasteiger partial charge in [0.15, 0.2) is 0 Å². The van der Waals surface area contributed by atoms with Gasteiger partial charge in [0, 0.05) is 18.7 Å². The van der Waals surface area contributed by atoms with Crippen LogP contribution in [-0.4, -0.2) is 36.3 Å². The summed E-state index contributed by atoms with van der Waals surface area (Å²) in [4.78, 5) is 38.6. The summed E-state index contributed by atoms with van der Waals surface area (Å²) in [6, 6.07) is 4.94. The number of hydrogen-bond acceptors (Lipinski definition) is 4. The van der Waals surface area contributed by atoms with Crippen LogP contribution in [0.3, 0.4) is 0 Å². The zero-order valence-electron chi connectivity index (χ0n) is 14.3. The second-order valence-electron chi connectivity index (χ2n) is 6.98. The van der Waals surface area contributed by atoms with E-state index in [1.165, 1.54) is 12.0 Å². The molecule has 4 atom stereocenters. The number of hydrogen-bond donors (Lipinski definition) is 1. The minimum Gasteiger partial charge on any atom is -0.495 e. The summed E-state index contributed by atoms with van der Waals surface area (Å²) in [5.74, 6) is -0.0858. The van der Waals surface area contributed by atoms with Crippen LogP contribution in [0.25, 0.3) is 0 Å². The van der Waals surface area contributed by atoms with Gasteiger partial charge in [-0.25, -0.2) is 0 Å². The van der Waals surface area contributed by atoms with E-state index in [1.54, 1.807) is 18.2 Å². The first-order chi connectivity index (χ1) is 12.5. The molecule has 1 aliphatic heterocycles. The van der Waals surface area contributed by atoms with Gasteiger partial charge in [-0.1, -0.05) is 23.8 Å². The van der Waals surface area contributed by atoms with E-state index < -0.39 is 0 Å². The van der Waals surface area contributed by atoms with Gasteiger partial charge in [0.1, 0.15) is 5.75 Å². The van der Waals surface area contributed by atoms with Gasteiger partial charge in [-0.15, -0.1) is 0 Å². The molecule has 26 heavy (non-hydrogen) atoms. The second-order valence-corrected chi connectivity index (χ2v) is 7.38. The summed E-state index contributed by atoms with van der Waals surface area (Å²) < 4.78 is 5.07. The maximum Gasteiger partial charge on any atom is 0.233 e. The van der Waals surface area contributed by atoms with E-state index in [0.29, 0.717) is 16.5 Å². The topological polar surface area (TPSA) is 75.7 Å². The molecule has 2 aliphatic carbocycles. The number of rotatable bonds is 5. The molecule has 4 unspecified atom stereocenters. The van der Waals surface area contributed by atoms with Crippen LogP contribution in [0.15, 0.2) is 30.4 Å². The first-order valence-corrected chi connectivity index (χ1v) is 9.04. The fourth-order valence-electron chi connectivity index (χ4n) is 4.37. The van der Waals surface area contributed by atoms with Crippen LogP contribution >= 0.6 is 11.6 Å². The minimum atomic E-state index is -0.273. The molecule has 3 aliphatic rings. The van der Waals surface area contributed by atoms with Gasteiger partial charge >= 0.3 is 0 Å². The van der Waals surface area contributed by atoms with E-state index >= 15 is 0 Å². The highest BCUT2D eigenvalue weighted by Gasteiger charge is 2.58. The second kappa shape index (κ2) is 6.43. The number of nitrogens with one attached hydrogen (secondary N) is 1. The summed E-state index contributed by atoms with van der Waals surface area (Å²) in [5, 5.41) is 3.12. The summed E-state index contributed by atoms with van der Waals surface area (Å²) in [6.07, 6.45) is 5.07. The summed E-state index contributed by atoms with van der Waals surface area (Å²) >= 11 is 6.04. The Bertz CT molecular complexity index is 792. The normalized spacial score (nSPS) is 28.6. The van der Waals surface area contributed by atoms with Gasteiger partial charge in [0.05, 0.1) is 24.0 Å². The lowest BCUT2D eigenvalue weighted by Crippen LogP contribution is -2.35. The molecule has 6 nitrogen and oxygen atoms in total. The number of imide groups is 1. The first-order valence-electron chi connectivity index (χ1n) is 8.66. The lowest BCUT2D eigenvalue weighted by Gasteiger charge is -2.17. The number of fused-ring (bicyclic) bond motifs is 5. The van der Waals surface area contributed by atoms with Crippen LogP contribution in [-0.2, 0) is 14.4 Å². The van der Waals surface area contributed by atoms with Crippen LogP contribution in [0.1, 0.15) is 12.8 Å². The van der Waals surface area contributed by atoms with E-state index in [2.05, 4.69) is 17.5 Å². The van der Waals surface area contributed by atoms with Crippen molar-refractivity contribution in [3.8, 4) is 5.75 Å². The highest BCUT2D eigenvalue weighted by atomic mass is 35.5.